The van der Waals surface area contributed by atoms with Gasteiger partial charge in [0.15, 0.2) is 0 Å². The second-order valence-electron chi connectivity index (χ2n) is 5.09. The van der Waals surface area contributed by atoms with Crippen molar-refractivity contribution in [3.8, 4) is 5.69 Å². The lowest BCUT2D eigenvalue weighted by molar-refractivity contribution is 0.251. The molecule has 0 unspecified atom stereocenters. The number of aryl methyl sites for hydroxylation is 1. The fourth-order valence-electron chi connectivity index (χ4n) is 2.04. The molecule has 0 aliphatic rings. The van der Waals surface area contributed by atoms with Gasteiger partial charge in [-0.2, -0.15) is 0 Å². The highest BCUT2D eigenvalue weighted by molar-refractivity contribution is 5.89. The van der Waals surface area contributed by atoms with Crippen LogP contribution in [0.4, 0.5) is 10.5 Å². The third kappa shape index (κ3) is 3.91. The first kappa shape index (κ1) is 14.7. The Bertz CT molecular complexity index is 765. The minimum Gasteiger partial charge on any atom is -0.334 e. The van der Waals surface area contributed by atoms with Crippen molar-refractivity contribution in [2.24, 2.45) is 0 Å². The quantitative estimate of drug-likeness (QED) is 0.774. The van der Waals surface area contributed by atoms with Crippen molar-refractivity contribution in [2.75, 3.05) is 5.32 Å². The monoisotopic (exact) mass is 308 g/mol. The average Bonchev–Trinajstić information content (AvgIpc) is 3.09. The molecule has 0 saturated heterocycles. The van der Waals surface area contributed by atoms with Gasteiger partial charge in [0.1, 0.15) is 6.33 Å². The molecule has 0 aliphatic carbocycles. The first-order valence-electron chi connectivity index (χ1n) is 7.14. The van der Waals surface area contributed by atoms with E-state index in [-0.39, 0.29) is 6.03 Å². The maximum absolute atomic E-state index is 11.9. The van der Waals surface area contributed by atoms with Crippen LogP contribution in [0.3, 0.4) is 0 Å². The Balaban J connectivity index is 1.54. The van der Waals surface area contributed by atoms with E-state index >= 15 is 0 Å². The van der Waals surface area contributed by atoms with Gasteiger partial charge in [-0.05, 0) is 47.2 Å². The number of tetrazole rings is 1. The van der Waals surface area contributed by atoms with Gasteiger partial charge in [-0.15, -0.1) is 5.10 Å². The molecule has 23 heavy (non-hydrogen) atoms. The van der Waals surface area contributed by atoms with Crippen LogP contribution in [-0.4, -0.2) is 26.2 Å². The topological polar surface area (TPSA) is 84.7 Å². The number of benzene rings is 2. The third-order valence-electron chi connectivity index (χ3n) is 3.31. The first-order chi connectivity index (χ1) is 11.2. The molecule has 0 bridgehead atoms. The molecule has 3 aromatic rings. The number of rotatable bonds is 4. The minimum absolute atomic E-state index is 0.249. The van der Waals surface area contributed by atoms with Crippen molar-refractivity contribution in [3.63, 3.8) is 0 Å². The lowest BCUT2D eigenvalue weighted by atomic mass is 10.1. The van der Waals surface area contributed by atoms with Crippen LogP contribution in [0.2, 0.25) is 0 Å². The molecule has 0 saturated carbocycles. The van der Waals surface area contributed by atoms with Crippen molar-refractivity contribution in [1.29, 1.82) is 0 Å². The number of aromatic nitrogens is 4. The lowest BCUT2D eigenvalue weighted by Crippen LogP contribution is -2.28. The number of hydrogen-bond acceptors (Lipinski definition) is 4. The average molecular weight is 308 g/mol. The molecular formula is C16H16N6O. The molecule has 3 rings (SSSR count). The Hall–Kier alpha value is -3.22. The number of urea groups is 1. The van der Waals surface area contributed by atoms with Gasteiger partial charge in [-0.3, -0.25) is 0 Å². The van der Waals surface area contributed by atoms with Crippen molar-refractivity contribution in [1.82, 2.24) is 25.5 Å². The van der Waals surface area contributed by atoms with E-state index in [1.54, 1.807) is 16.8 Å². The zero-order valence-electron chi connectivity index (χ0n) is 12.6. The smallest absolute Gasteiger partial charge is 0.319 e. The second-order valence-corrected chi connectivity index (χ2v) is 5.09. The van der Waals surface area contributed by atoms with Crippen LogP contribution >= 0.6 is 0 Å². The molecule has 7 heteroatoms. The molecule has 2 aromatic carbocycles. The maximum atomic E-state index is 11.9. The van der Waals surface area contributed by atoms with Gasteiger partial charge >= 0.3 is 6.03 Å². The Morgan fingerprint density at radius 2 is 1.83 bits per heavy atom. The Labute approximate surface area is 133 Å². The van der Waals surface area contributed by atoms with Crippen molar-refractivity contribution >= 4 is 11.7 Å². The third-order valence-corrected chi connectivity index (χ3v) is 3.31. The Morgan fingerprint density at radius 3 is 2.48 bits per heavy atom. The summed E-state index contributed by atoms with van der Waals surface area (Å²) in [6, 6.07) is 15.0. The van der Waals surface area contributed by atoms with Gasteiger partial charge in [0, 0.05) is 12.2 Å². The van der Waals surface area contributed by atoms with E-state index in [9.17, 15) is 4.79 Å². The van der Waals surface area contributed by atoms with Crippen molar-refractivity contribution in [3.05, 3.63) is 66.0 Å². The fourth-order valence-corrected chi connectivity index (χ4v) is 2.04. The van der Waals surface area contributed by atoms with Crippen LogP contribution in [0, 0.1) is 6.92 Å². The summed E-state index contributed by atoms with van der Waals surface area (Å²) >= 11 is 0. The molecule has 0 spiro atoms. The van der Waals surface area contributed by atoms with Crippen molar-refractivity contribution in [2.45, 2.75) is 13.5 Å². The van der Waals surface area contributed by atoms with Gasteiger partial charge in [-0.25, -0.2) is 9.48 Å². The van der Waals surface area contributed by atoms with Gasteiger partial charge in [-0.1, -0.05) is 29.8 Å². The molecule has 0 atom stereocenters. The molecule has 116 valence electrons. The molecule has 1 aromatic heterocycles. The summed E-state index contributed by atoms with van der Waals surface area (Å²) in [7, 11) is 0. The molecule has 0 fully saturated rings. The van der Waals surface area contributed by atoms with Crippen LogP contribution < -0.4 is 10.6 Å². The van der Waals surface area contributed by atoms with Gasteiger partial charge in [0.05, 0.1) is 5.69 Å². The number of hydrogen-bond donors (Lipinski definition) is 2. The number of nitrogens with zero attached hydrogens (tertiary/aromatic N) is 4. The van der Waals surface area contributed by atoms with E-state index in [0.717, 1.165) is 11.3 Å². The summed E-state index contributed by atoms with van der Waals surface area (Å²) in [5.74, 6) is 0. The van der Waals surface area contributed by atoms with Gasteiger partial charge < -0.3 is 10.6 Å². The molecule has 1 heterocycles. The SMILES string of the molecule is Cc1ccc(CNC(=O)Nc2ccc(-n3cnnn3)cc2)cc1. The summed E-state index contributed by atoms with van der Waals surface area (Å²) in [4.78, 5) is 11.9. The highest BCUT2D eigenvalue weighted by Gasteiger charge is 2.03. The predicted molar refractivity (Wildman–Crippen MR) is 86.2 cm³/mol. The summed E-state index contributed by atoms with van der Waals surface area (Å²) in [6.07, 6.45) is 1.51. The number of carbonyl (C=O) groups excluding carboxylic acids is 1. The largest absolute Gasteiger partial charge is 0.334 e. The number of amides is 2. The first-order valence-corrected chi connectivity index (χ1v) is 7.14. The zero-order valence-corrected chi connectivity index (χ0v) is 12.6. The Morgan fingerprint density at radius 1 is 1.09 bits per heavy atom. The van der Waals surface area contributed by atoms with E-state index in [1.807, 2.05) is 43.3 Å². The zero-order chi connectivity index (χ0) is 16.1. The molecule has 7 nitrogen and oxygen atoms in total. The second kappa shape index (κ2) is 6.69. The highest BCUT2D eigenvalue weighted by Crippen LogP contribution is 2.11. The molecule has 0 radical (unpaired) electrons. The standard InChI is InChI=1S/C16H16N6O/c1-12-2-4-13(5-3-12)10-17-16(23)19-14-6-8-15(9-7-14)22-11-18-20-21-22/h2-9,11H,10H2,1H3,(H2,17,19,23). The number of nitrogens with one attached hydrogen (secondary N) is 2. The van der Waals surface area contributed by atoms with Crippen LogP contribution in [-0.2, 0) is 6.54 Å². The predicted octanol–water partition coefficient (Wildman–Crippen LogP) is 2.29. The minimum atomic E-state index is -0.249. The maximum Gasteiger partial charge on any atom is 0.319 e. The van der Waals surface area contributed by atoms with Crippen molar-refractivity contribution < 1.29 is 4.79 Å². The summed E-state index contributed by atoms with van der Waals surface area (Å²) in [6.45, 7) is 2.51. The van der Waals surface area contributed by atoms with Crippen LogP contribution in [0.15, 0.2) is 54.9 Å². The lowest BCUT2D eigenvalue weighted by Gasteiger charge is -2.08. The fraction of sp³-hybridized carbons (Fsp3) is 0.125. The van der Waals surface area contributed by atoms with Crippen LogP contribution in [0.25, 0.3) is 5.69 Å². The highest BCUT2D eigenvalue weighted by atomic mass is 16.2. The van der Waals surface area contributed by atoms with E-state index < -0.39 is 0 Å². The Kier molecular flexibility index (Phi) is 4.28. The molecule has 2 amide bonds. The normalized spacial score (nSPS) is 10.3. The molecular weight excluding hydrogens is 292 g/mol. The summed E-state index contributed by atoms with van der Waals surface area (Å²) in [5, 5.41) is 16.6. The number of anilines is 1. The van der Waals surface area contributed by atoms with E-state index in [1.165, 1.54) is 11.9 Å². The van der Waals surface area contributed by atoms with Gasteiger partial charge in [0.2, 0.25) is 0 Å². The summed E-state index contributed by atoms with van der Waals surface area (Å²) in [5.41, 5.74) is 3.77. The van der Waals surface area contributed by atoms with E-state index in [0.29, 0.717) is 12.2 Å². The van der Waals surface area contributed by atoms with Crippen LogP contribution in [0.1, 0.15) is 11.1 Å². The summed E-state index contributed by atoms with van der Waals surface area (Å²) < 4.78 is 1.54. The molecule has 2 N–H and O–H groups in total. The molecule has 0 aliphatic heterocycles. The van der Waals surface area contributed by atoms with Crippen LogP contribution in [0.5, 0.6) is 0 Å². The van der Waals surface area contributed by atoms with E-state index in [4.69, 9.17) is 0 Å². The van der Waals surface area contributed by atoms with Gasteiger partial charge in [0.25, 0.3) is 0 Å². The van der Waals surface area contributed by atoms with E-state index in [2.05, 4.69) is 26.2 Å². The number of carbonyl (C=O) groups is 1.